The first-order valence-electron chi connectivity index (χ1n) is 11.1. The van der Waals surface area contributed by atoms with Gasteiger partial charge < -0.3 is 27.0 Å². The van der Waals surface area contributed by atoms with Crippen LogP contribution in [-0.2, 0) is 11.3 Å². The minimum atomic E-state index is -0.373. The summed E-state index contributed by atoms with van der Waals surface area (Å²) in [6.45, 7) is 0.183. The van der Waals surface area contributed by atoms with Gasteiger partial charge in [-0.1, -0.05) is 6.07 Å². The van der Waals surface area contributed by atoms with Crippen LogP contribution in [0.25, 0.3) is 22.3 Å². The number of anilines is 2. The topological polar surface area (TPSA) is 168 Å². The highest BCUT2D eigenvalue weighted by Gasteiger charge is 2.29. The van der Waals surface area contributed by atoms with Crippen LogP contribution >= 0.6 is 0 Å². The summed E-state index contributed by atoms with van der Waals surface area (Å²) in [7, 11) is 0. The first-order valence-corrected chi connectivity index (χ1v) is 11.1. The number of hydrogen-bond acceptors (Lipinski definition) is 8. The van der Waals surface area contributed by atoms with Crippen molar-refractivity contribution in [3.05, 3.63) is 90.2 Å². The van der Waals surface area contributed by atoms with E-state index in [1.807, 2.05) is 24.3 Å². The molecule has 0 fully saturated rings. The fourth-order valence-electron chi connectivity index (χ4n) is 4.00. The molecule has 0 unspecified atom stereocenters. The van der Waals surface area contributed by atoms with E-state index in [0.29, 0.717) is 29.4 Å². The molecule has 5 rings (SSSR count). The van der Waals surface area contributed by atoms with Crippen molar-refractivity contribution in [2.75, 3.05) is 11.9 Å². The van der Waals surface area contributed by atoms with Gasteiger partial charge in [-0.2, -0.15) is 5.10 Å². The Morgan fingerprint density at radius 1 is 1.17 bits per heavy atom. The van der Waals surface area contributed by atoms with Crippen molar-refractivity contribution >= 4 is 34.2 Å². The molecule has 4 aromatic rings. The van der Waals surface area contributed by atoms with E-state index in [0.717, 1.165) is 27.7 Å². The first kappa shape index (κ1) is 22.6. The number of aromatic amines is 1. The molecule has 1 aliphatic rings. The van der Waals surface area contributed by atoms with Gasteiger partial charge in [0.15, 0.2) is 5.82 Å². The fourth-order valence-corrected chi connectivity index (χ4v) is 4.00. The quantitative estimate of drug-likeness (QED) is 0.250. The Balaban J connectivity index is 1.31. The molecule has 3 heterocycles. The second-order valence-electron chi connectivity index (χ2n) is 8.12. The van der Waals surface area contributed by atoms with E-state index in [9.17, 15) is 9.59 Å². The van der Waals surface area contributed by atoms with Gasteiger partial charge in [-0.15, -0.1) is 0 Å². The monoisotopic (exact) mass is 481 g/mol. The Morgan fingerprint density at radius 2 is 2.06 bits per heavy atom. The summed E-state index contributed by atoms with van der Waals surface area (Å²) in [6, 6.07) is 13.1. The van der Waals surface area contributed by atoms with Crippen LogP contribution in [0.3, 0.4) is 0 Å². The number of aromatic nitrogens is 4. The SMILES string of the molecule is N/C=C\C(=C/N)NC(=O)CN1Cc2cc(-c3nccc(Nc4ccc5[nH]ncc5c4)n3)ccc2C1=O. The van der Waals surface area contributed by atoms with E-state index in [2.05, 4.69) is 30.8 Å². The highest BCUT2D eigenvalue weighted by Crippen LogP contribution is 2.28. The van der Waals surface area contributed by atoms with Gasteiger partial charge in [0, 0.05) is 41.1 Å². The van der Waals surface area contributed by atoms with E-state index < -0.39 is 0 Å². The van der Waals surface area contributed by atoms with E-state index >= 15 is 0 Å². The molecule has 0 saturated carbocycles. The lowest BCUT2D eigenvalue weighted by molar-refractivity contribution is -0.121. The summed E-state index contributed by atoms with van der Waals surface area (Å²) < 4.78 is 0. The average molecular weight is 482 g/mol. The number of hydrogen-bond donors (Lipinski definition) is 5. The second kappa shape index (κ2) is 9.58. The average Bonchev–Trinajstić information content (AvgIpc) is 3.47. The minimum Gasteiger partial charge on any atom is -0.405 e. The van der Waals surface area contributed by atoms with Crippen molar-refractivity contribution < 1.29 is 9.59 Å². The highest BCUT2D eigenvalue weighted by molar-refractivity contribution is 6.00. The van der Waals surface area contributed by atoms with Crippen LogP contribution < -0.4 is 22.1 Å². The molecule has 2 aromatic heterocycles. The molecule has 2 aromatic carbocycles. The second-order valence-corrected chi connectivity index (χ2v) is 8.12. The van der Waals surface area contributed by atoms with Crippen molar-refractivity contribution in [2.24, 2.45) is 11.5 Å². The number of amides is 2. The predicted molar refractivity (Wildman–Crippen MR) is 135 cm³/mol. The normalized spacial score (nSPS) is 13.4. The number of carbonyl (C=O) groups excluding carboxylic acids is 2. The maximum Gasteiger partial charge on any atom is 0.254 e. The Bertz CT molecular complexity index is 1520. The molecular formula is C25H23N9O2. The third-order valence-electron chi connectivity index (χ3n) is 5.68. The van der Waals surface area contributed by atoms with Crippen LogP contribution in [0.2, 0.25) is 0 Å². The van der Waals surface area contributed by atoms with Crippen LogP contribution in [0.5, 0.6) is 0 Å². The third-order valence-corrected chi connectivity index (χ3v) is 5.68. The molecule has 0 atom stereocenters. The molecule has 11 heteroatoms. The van der Waals surface area contributed by atoms with Crippen molar-refractivity contribution in [1.82, 2.24) is 30.4 Å². The smallest absolute Gasteiger partial charge is 0.254 e. The molecular weight excluding hydrogens is 458 g/mol. The van der Waals surface area contributed by atoms with Crippen LogP contribution in [0.1, 0.15) is 15.9 Å². The van der Waals surface area contributed by atoms with Gasteiger partial charge in [-0.3, -0.25) is 14.7 Å². The number of nitrogens with two attached hydrogens (primary N) is 2. The largest absolute Gasteiger partial charge is 0.405 e. The number of carbonyl (C=O) groups is 2. The zero-order chi connectivity index (χ0) is 25.1. The van der Waals surface area contributed by atoms with Crippen molar-refractivity contribution in [3.8, 4) is 11.4 Å². The van der Waals surface area contributed by atoms with Gasteiger partial charge in [0.05, 0.1) is 17.4 Å². The molecule has 0 saturated heterocycles. The summed E-state index contributed by atoms with van der Waals surface area (Å²) in [4.78, 5) is 35.7. The molecule has 0 radical (unpaired) electrons. The van der Waals surface area contributed by atoms with Crippen molar-refractivity contribution in [1.29, 1.82) is 0 Å². The van der Waals surface area contributed by atoms with Crippen LogP contribution in [0, 0.1) is 0 Å². The number of rotatable bonds is 7. The van der Waals surface area contributed by atoms with Crippen molar-refractivity contribution in [2.45, 2.75) is 6.54 Å². The molecule has 11 nitrogen and oxygen atoms in total. The Kier molecular flexibility index (Phi) is 6.02. The summed E-state index contributed by atoms with van der Waals surface area (Å²) in [5.41, 5.74) is 15.1. The zero-order valence-electron chi connectivity index (χ0n) is 19.1. The van der Waals surface area contributed by atoms with E-state index in [1.54, 1.807) is 30.6 Å². The Labute approximate surface area is 205 Å². The zero-order valence-corrected chi connectivity index (χ0v) is 19.1. The number of nitrogens with zero attached hydrogens (tertiary/aromatic N) is 4. The molecule has 0 bridgehead atoms. The van der Waals surface area contributed by atoms with Gasteiger partial charge in [0.2, 0.25) is 5.91 Å². The maximum absolute atomic E-state index is 12.8. The maximum atomic E-state index is 12.8. The van der Waals surface area contributed by atoms with E-state index in [1.165, 1.54) is 23.4 Å². The summed E-state index contributed by atoms with van der Waals surface area (Å²) in [6.07, 6.45) is 7.39. The molecule has 1 aliphatic heterocycles. The molecule has 0 spiro atoms. The van der Waals surface area contributed by atoms with E-state index in [-0.39, 0.29) is 18.4 Å². The Hall–Kier alpha value is -5.19. The van der Waals surface area contributed by atoms with Crippen molar-refractivity contribution in [3.63, 3.8) is 0 Å². The van der Waals surface area contributed by atoms with E-state index in [4.69, 9.17) is 11.5 Å². The summed E-state index contributed by atoms with van der Waals surface area (Å²) >= 11 is 0. The first-order chi connectivity index (χ1) is 17.5. The van der Waals surface area contributed by atoms with Crippen LogP contribution in [0.15, 0.2) is 79.0 Å². The highest BCUT2D eigenvalue weighted by atomic mass is 16.2. The lowest BCUT2D eigenvalue weighted by atomic mass is 10.1. The molecule has 36 heavy (non-hydrogen) atoms. The summed E-state index contributed by atoms with van der Waals surface area (Å²) in [5.74, 6) is 0.558. The van der Waals surface area contributed by atoms with Gasteiger partial charge in [0.1, 0.15) is 12.4 Å². The van der Waals surface area contributed by atoms with Gasteiger partial charge >= 0.3 is 0 Å². The standard InChI is InChI=1S/C25H23N9O2/c26-7-5-19(11-27)31-23(35)14-34-13-17-9-15(1-3-20(17)25(34)36)24-28-8-6-22(32-24)30-18-2-4-21-16(10-18)12-29-33-21/h1-12H,13-14,26-27H2,(H,29,33)(H,31,35)(H,28,30,32)/b7-5-,19-11+. The van der Waals surface area contributed by atoms with Gasteiger partial charge in [-0.05, 0) is 54.2 Å². The van der Waals surface area contributed by atoms with Crippen LogP contribution in [0.4, 0.5) is 11.5 Å². The molecule has 2 amide bonds. The molecule has 7 N–H and O–H groups in total. The minimum absolute atomic E-state index is 0.116. The van der Waals surface area contributed by atoms with Gasteiger partial charge in [-0.25, -0.2) is 9.97 Å². The number of H-pyrrole nitrogens is 1. The van der Waals surface area contributed by atoms with Gasteiger partial charge in [0.25, 0.3) is 5.91 Å². The number of nitrogens with one attached hydrogen (secondary N) is 3. The lowest BCUT2D eigenvalue weighted by Crippen LogP contribution is -2.37. The molecule has 0 aliphatic carbocycles. The molecule has 180 valence electrons. The predicted octanol–water partition coefficient (Wildman–Crippen LogP) is 2.11. The fraction of sp³-hybridized carbons (Fsp3) is 0.0800. The number of allylic oxidation sites excluding steroid dienone is 1. The number of benzene rings is 2. The number of fused-ring (bicyclic) bond motifs is 2. The lowest BCUT2D eigenvalue weighted by Gasteiger charge is -2.15. The third kappa shape index (κ3) is 4.57. The van der Waals surface area contributed by atoms with Crippen LogP contribution in [-0.4, -0.2) is 43.4 Å². The Morgan fingerprint density at radius 3 is 2.89 bits per heavy atom. The summed E-state index contributed by atoms with van der Waals surface area (Å²) in [5, 5.41) is 13.9.